The van der Waals surface area contributed by atoms with E-state index in [-0.39, 0.29) is 11.7 Å². The molecule has 2 aromatic carbocycles. The molecule has 0 unspecified atom stereocenters. The van der Waals surface area contributed by atoms with E-state index in [1.807, 2.05) is 60.9 Å². The molecule has 0 saturated heterocycles. The summed E-state index contributed by atoms with van der Waals surface area (Å²) in [5.41, 5.74) is 6.14. The number of hydrogen-bond donors (Lipinski definition) is 1. The number of aryl methyl sites for hydroxylation is 1. The van der Waals surface area contributed by atoms with Crippen molar-refractivity contribution in [2.24, 2.45) is 0 Å². The van der Waals surface area contributed by atoms with Crippen LogP contribution in [0.1, 0.15) is 27.3 Å². The molecule has 0 aliphatic carbocycles. The fraction of sp³-hybridized carbons (Fsp3) is 0.154. The first-order chi connectivity index (χ1) is 15.0. The Bertz CT molecular complexity index is 1200. The first kappa shape index (κ1) is 20.5. The van der Waals surface area contributed by atoms with Gasteiger partial charge in [0.05, 0.1) is 11.3 Å². The van der Waals surface area contributed by atoms with E-state index in [9.17, 15) is 9.18 Å². The van der Waals surface area contributed by atoms with Crippen LogP contribution >= 0.6 is 0 Å². The zero-order valence-corrected chi connectivity index (χ0v) is 17.6. The van der Waals surface area contributed by atoms with Crippen molar-refractivity contribution in [2.45, 2.75) is 20.3 Å². The van der Waals surface area contributed by atoms with Crippen LogP contribution in [0.15, 0.2) is 79.0 Å². The van der Waals surface area contributed by atoms with Crippen LogP contribution in [0.2, 0.25) is 0 Å². The standard InChI is InChI=1S/C26H24FN3O/c1-18-6-5-8-23(16-18)30-19(2)24(17-25(30)20-9-11-21(27)12-10-20)26(31)29-15-13-22-7-3-4-14-28-22/h3-12,14,16-17H,13,15H2,1-2H3,(H,29,31). The van der Waals surface area contributed by atoms with Crippen LogP contribution < -0.4 is 5.32 Å². The molecule has 2 aromatic heterocycles. The van der Waals surface area contributed by atoms with Crippen molar-refractivity contribution < 1.29 is 9.18 Å². The Balaban J connectivity index is 1.67. The Hall–Kier alpha value is -3.73. The van der Waals surface area contributed by atoms with Crippen LogP contribution in [0.5, 0.6) is 0 Å². The van der Waals surface area contributed by atoms with Crippen molar-refractivity contribution in [2.75, 3.05) is 6.54 Å². The van der Waals surface area contributed by atoms with Crippen molar-refractivity contribution in [1.29, 1.82) is 0 Å². The van der Waals surface area contributed by atoms with Gasteiger partial charge in [0, 0.05) is 36.2 Å². The minimum Gasteiger partial charge on any atom is -0.352 e. The lowest BCUT2D eigenvalue weighted by atomic mass is 10.1. The summed E-state index contributed by atoms with van der Waals surface area (Å²) in [6, 6.07) is 22.1. The molecule has 4 nitrogen and oxygen atoms in total. The number of carbonyl (C=O) groups excluding carboxylic acids is 1. The summed E-state index contributed by atoms with van der Waals surface area (Å²) in [5.74, 6) is -0.426. The van der Waals surface area contributed by atoms with E-state index in [1.54, 1.807) is 18.3 Å². The molecule has 1 N–H and O–H groups in total. The molecule has 2 heterocycles. The van der Waals surface area contributed by atoms with Gasteiger partial charge in [0.2, 0.25) is 0 Å². The van der Waals surface area contributed by atoms with Crippen LogP contribution in [0.3, 0.4) is 0 Å². The molecule has 4 rings (SSSR count). The zero-order valence-electron chi connectivity index (χ0n) is 17.6. The summed E-state index contributed by atoms with van der Waals surface area (Å²) in [5, 5.41) is 3.00. The maximum Gasteiger partial charge on any atom is 0.253 e. The molecular weight excluding hydrogens is 389 g/mol. The van der Waals surface area contributed by atoms with E-state index in [1.165, 1.54) is 12.1 Å². The molecule has 156 valence electrons. The average molecular weight is 413 g/mol. The zero-order chi connectivity index (χ0) is 21.8. The lowest BCUT2D eigenvalue weighted by Gasteiger charge is -2.13. The monoisotopic (exact) mass is 413 g/mol. The van der Waals surface area contributed by atoms with Gasteiger partial charge in [0.15, 0.2) is 0 Å². The van der Waals surface area contributed by atoms with Gasteiger partial charge in [-0.15, -0.1) is 0 Å². The molecule has 0 bridgehead atoms. The normalized spacial score (nSPS) is 10.8. The van der Waals surface area contributed by atoms with Crippen molar-refractivity contribution >= 4 is 5.91 Å². The molecule has 4 aromatic rings. The number of pyridine rings is 1. The number of rotatable bonds is 6. The minimum absolute atomic E-state index is 0.136. The highest BCUT2D eigenvalue weighted by Gasteiger charge is 2.19. The highest BCUT2D eigenvalue weighted by molar-refractivity contribution is 5.97. The summed E-state index contributed by atoms with van der Waals surface area (Å²) in [4.78, 5) is 17.3. The lowest BCUT2D eigenvalue weighted by molar-refractivity contribution is 0.0953. The maximum absolute atomic E-state index is 13.5. The summed E-state index contributed by atoms with van der Waals surface area (Å²) in [6.45, 7) is 4.46. The Morgan fingerprint density at radius 1 is 1.00 bits per heavy atom. The van der Waals surface area contributed by atoms with Gasteiger partial charge in [0.25, 0.3) is 5.91 Å². The van der Waals surface area contributed by atoms with E-state index in [4.69, 9.17) is 0 Å². The number of halogens is 1. The topological polar surface area (TPSA) is 46.9 Å². The van der Waals surface area contributed by atoms with E-state index in [0.717, 1.165) is 33.9 Å². The van der Waals surface area contributed by atoms with Gasteiger partial charge in [-0.3, -0.25) is 9.78 Å². The molecule has 31 heavy (non-hydrogen) atoms. The van der Waals surface area contributed by atoms with Gasteiger partial charge >= 0.3 is 0 Å². The summed E-state index contributed by atoms with van der Waals surface area (Å²) in [6.07, 6.45) is 2.41. The van der Waals surface area contributed by atoms with Crippen LogP contribution in [0.25, 0.3) is 16.9 Å². The average Bonchev–Trinajstić information content (AvgIpc) is 3.12. The third kappa shape index (κ3) is 4.56. The SMILES string of the molecule is Cc1cccc(-n2c(-c3ccc(F)cc3)cc(C(=O)NCCc3ccccn3)c2C)c1. The third-order valence-corrected chi connectivity index (χ3v) is 5.28. The fourth-order valence-corrected chi connectivity index (χ4v) is 3.71. The first-order valence-electron chi connectivity index (χ1n) is 10.3. The van der Waals surface area contributed by atoms with Gasteiger partial charge in [-0.2, -0.15) is 0 Å². The van der Waals surface area contributed by atoms with Crippen LogP contribution in [0, 0.1) is 19.7 Å². The van der Waals surface area contributed by atoms with Gasteiger partial charge in [-0.25, -0.2) is 4.39 Å². The molecule has 0 aliphatic rings. The molecule has 5 heteroatoms. The predicted octanol–water partition coefficient (Wildman–Crippen LogP) is 5.27. The Labute approximate surface area is 181 Å². The molecule has 0 fully saturated rings. The number of carbonyl (C=O) groups is 1. The van der Waals surface area contributed by atoms with E-state index in [2.05, 4.69) is 16.4 Å². The third-order valence-electron chi connectivity index (χ3n) is 5.28. The maximum atomic E-state index is 13.5. The second-order valence-corrected chi connectivity index (χ2v) is 7.54. The number of nitrogens with one attached hydrogen (secondary N) is 1. The number of aromatic nitrogens is 2. The smallest absolute Gasteiger partial charge is 0.253 e. The van der Waals surface area contributed by atoms with Gasteiger partial charge in [-0.1, -0.05) is 18.2 Å². The highest BCUT2D eigenvalue weighted by Crippen LogP contribution is 2.30. The van der Waals surface area contributed by atoms with Gasteiger partial charge < -0.3 is 9.88 Å². The molecular formula is C26H24FN3O. The number of nitrogens with zero attached hydrogens (tertiary/aromatic N) is 2. The number of benzene rings is 2. The molecule has 1 amide bonds. The Morgan fingerprint density at radius 2 is 1.81 bits per heavy atom. The molecule has 0 aliphatic heterocycles. The Morgan fingerprint density at radius 3 is 2.52 bits per heavy atom. The number of hydrogen-bond acceptors (Lipinski definition) is 2. The van der Waals surface area contributed by atoms with E-state index in [0.29, 0.717) is 18.5 Å². The van der Waals surface area contributed by atoms with Gasteiger partial charge in [0.1, 0.15) is 5.82 Å². The quantitative estimate of drug-likeness (QED) is 0.468. The molecule has 0 radical (unpaired) electrons. The van der Waals surface area contributed by atoms with E-state index >= 15 is 0 Å². The molecule has 0 saturated carbocycles. The molecule has 0 spiro atoms. The van der Waals surface area contributed by atoms with Crippen LogP contribution in [0.4, 0.5) is 4.39 Å². The van der Waals surface area contributed by atoms with Crippen molar-refractivity contribution in [3.63, 3.8) is 0 Å². The summed E-state index contributed by atoms with van der Waals surface area (Å²) in [7, 11) is 0. The summed E-state index contributed by atoms with van der Waals surface area (Å²) >= 11 is 0. The minimum atomic E-state index is -0.290. The Kier molecular flexibility index (Phi) is 5.94. The van der Waals surface area contributed by atoms with Crippen molar-refractivity contribution in [3.05, 3.63) is 107 Å². The lowest BCUT2D eigenvalue weighted by Crippen LogP contribution is -2.26. The van der Waals surface area contributed by atoms with Gasteiger partial charge in [-0.05, 0) is 79.6 Å². The van der Waals surface area contributed by atoms with Crippen LogP contribution in [-0.4, -0.2) is 22.0 Å². The predicted molar refractivity (Wildman–Crippen MR) is 121 cm³/mol. The van der Waals surface area contributed by atoms with E-state index < -0.39 is 0 Å². The molecule has 0 atom stereocenters. The highest BCUT2D eigenvalue weighted by atomic mass is 19.1. The van der Waals surface area contributed by atoms with Crippen molar-refractivity contribution in [3.8, 4) is 16.9 Å². The van der Waals surface area contributed by atoms with Crippen molar-refractivity contribution in [1.82, 2.24) is 14.9 Å². The fourth-order valence-electron chi connectivity index (χ4n) is 3.71. The second-order valence-electron chi connectivity index (χ2n) is 7.54. The van der Waals surface area contributed by atoms with Crippen LogP contribution in [-0.2, 0) is 6.42 Å². The number of amides is 1. The first-order valence-corrected chi connectivity index (χ1v) is 10.3. The summed E-state index contributed by atoms with van der Waals surface area (Å²) < 4.78 is 15.5. The largest absolute Gasteiger partial charge is 0.352 e. The second kappa shape index (κ2) is 8.96.